The number of rotatable bonds is 7. The number of allylic oxidation sites excluding steroid dienone is 2. The van der Waals surface area contributed by atoms with Crippen molar-refractivity contribution in [3.05, 3.63) is 59.1 Å². The van der Waals surface area contributed by atoms with Crippen molar-refractivity contribution in [3.8, 4) is 17.3 Å². The number of hydrogen-bond donors (Lipinski definition) is 4. The molecule has 12 heteroatoms. The van der Waals surface area contributed by atoms with Crippen molar-refractivity contribution in [2.24, 2.45) is 7.05 Å². The highest BCUT2D eigenvalue weighted by Gasteiger charge is 2.45. The number of aliphatic hydroxyl groups is 3. The van der Waals surface area contributed by atoms with Crippen molar-refractivity contribution < 1.29 is 33.2 Å². The zero-order chi connectivity index (χ0) is 30.2. The molecule has 1 unspecified atom stereocenters. The highest BCUT2D eigenvalue weighted by atomic mass is 32.2. The summed E-state index contributed by atoms with van der Waals surface area (Å²) in [6, 6.07) is 16.3. The van der Waals surface area contributed by atoms with Crippen LogP contribution in [0.2, 0.25) is 0 Å². The van der Waals surface area contributed by atoms with Crippen LogP contribution in [-0.4, -0.2) is 85.3 Å². The van der Waals surface area contributed by atoms with E-state index in [1.165, 1.54) is 6.92 Å². The minimum Gasteiger partial charge on any atom is -0.388 e. The van der Waals surface area contributed by atoms with Crippen LogP contribution in [0.5, 0.6) is 0 Å². The van der Waals surface area contributed by atoms with E-state index in [0.717, 1.165) is 40.8 Å². The van der Waals surface area contributed by atoms with E-state index in [9.17, 15) is 29.0 Å². The Hall–Kier alpha value is -3.28. The molecule has 1 aromatic heterocycles. The predicted octanol–water partition coefficient (Wildman–Crippen LogP) is 2.07. The van der Waals surface area contributed by atoms with E-state index in [4.69, 9.17) is 9.47 Å². The van der Waals surface area contributed by atoms with Crippen LogP contribution in [0.4, 0.5) is 5.69 Å². The summed E-state index contributed by atoms with van der Waals surface area (Å²) in [7, 11) is -2.72. The smallest absolute Gasteiger partial charge is 0.251 e. The third kappa shape index (κ3) is 5.69. The molecule has 0 radical (unpaired) electrons. The average Bonchev–Trinajstić information content (AvgIpc) is 3.38. The number of aromatic nitrogens is 1. The van der Waals surface area contributed by atoms with Gasteiger partial charge in [0.15, 0.2) is 11.2 Å². The lowest BCUT2D eigenvalue weighted by Gasteiger charge is -2.40. The molecule has 2 aliphatic heterocycles. The van der Waals surface area contributed by atoms with E-state index >= 15 is 0 Å². The molecule has 0 amide bonds. The Morgan fingerprint density at radius 3 is 2.43 bits per heavy atom. The van der Waals surface area contributed by atoms with Gasteiger partial charge in [0.25, 0.3) is 10.0 Å². The van der Waals surface area contributed by atoms with Crippen LogP contribution in [0.3, 0.4) is 0 Å². The molecule has 11 nitrogen and oxygen atoms in total. The zero-order valence-electron chi connectivity index (χ0n) is 23.8. The number of aliphatic hydroxyl groups excluding tert-OH is 3. The quantitative estimate of drug-likeness (QED) is 0.300. The van der Waals surface area contributed by atoms with Crippen LogP contribution in [0.1, 0.15) is 26.0 Å². The van der Waals surface area contributed by atoms with Gasteiger partial charge in [0.05, 0.1) is 19.3 Å². The van der Waals surface area contributed by atoms with E-state index < -0.39 is 45.6 Å². The van der Waals surface area contributed by atoms with Gasteiger partial charge in [-0.3, -0.25) is 0 Å². The Morgan fingerprint density at radius 2 is 1.74 bits per heavy atom. The van der Waals surface area contributed by atoms with Gasteiger partial charge >= 0.3 is 0 Å². The topological polar surface area (TPSA) is 157 Å². The maximum atomic E-state index is 13.3. The van der Waals surface area contributed by atoms with Gasteiger partial charge in [0, 0.05) is 42.8 Å². The number of ether oxygens (including phenoxy) is 2. The Bertz CT molecular complexity index is 1640. The molecule has 0 bridgehead atoms. The number of anilines is 1. The molecule has 0 spiro atoms. The van der Waals surface area contributed by atoms with Crippen molar-refractivity contribution >= 4 is 32.1 Å². The number of morpholine rings is 1. The fourth-order valence-corrected chi connectivity index (χ4v) is 7.06. The van der Waals surface area contributed by atoms with E-state index in [-0.39, 0.29) is 5.57 Å². The molecule has 0 aliphatic carbocycles. The standard InChI is InChI=1S/C30H36N4O7S/c1-4-25-28(35)29(36)27(30(37)41-25)32-42(38,39)26(17-31)18(2)23-9-10-24(33(23)3)21-6-5-20-16-22(8-7-19(20)15-21)34-11-13-40-14-12-34/h5-10,15-16,25,27-30,32,35-37H,4,11-14H2,1-3H3/b26-18+/t25-,27-,28-,29-,30?/m1/s1. The summed E-state index contributed by atoms with van der Waals surface area (Å²) in [5.41, 5.74) is 3.59. The molecule has 3 aromatic rings. The molecule has 5 rings (SSSR count). The number of sulfonamides is 1. The van der Waals surface area contributed by atoms with Crippen LogP contribution >= 0.6 is 0 Å². The summed E-state index contributed by atoms with van der Waals surface area (Å²) in [5, 5.41) is 43.1. The Morgan fingerprint density at radius 1 is 1.05 bits per heavy atom. The van der Waals surface area contributed by atoms with Gasteiger partial charge in [0.2, 0.25) is 0 Å². The lowest BCUT2D eigenvalue weighted by Crippen LogP contribution is -2.63. The Labute approximate surface area is 245 Å². The molecule has 2 saturated heterocycles. The first kappa shape index (κ1) is 30.2. The van der Waals surface area contributed by atoms with Gasteiger partial charge in [0.1, 0.15) is 24.3 Å². The number of nitrogens with one attached hydrogen (secondary N) is 1. The van der Waals surface area contributed by atoms with E-state index in [2.05, 4.69) is 40.0 Å². The van der Waals surface area contributed by atoms with Crippen LogP contribution < -0.4 is 9.62 Å². The summed E-state index contributed by atoms with van der Waals surface area (Å²) >= 11 is 0. The number of benzene rings is 2. The maximum Gasteiger partial charge on any atom is 0.251 e. The van der Waals surface area contributed by atoms with E-state index in [1.54, 1.807) is 26.1 Å². The molecular weight excluding hydrogens is 560 g/mol. The van der Waals surface area contributed by atoms with Crippen LogP contribution in [-0.2, 0) is 26.5 Å². The number of fused-ring (bicyclic) bond motifs is 1. The van der Waals surface area contributed by atoms with Crippen molar-refractivity contribution in [2.75, 3.05) is 31.2 Å². The van der Waals surface area contributed by atoms with Gasteiger partial charge < -0.3 is 34.3 Å². The molecular formula is C30H36N4O7S. The average molecular weight is 597 g/mol. The largest absolute Gasteiger partial charge is 0.388 e. The van der Waals surface area contributed by atoms with Crippen LogP contribution in [0, 0.1) is 11.3 Å². The minimum absolute atomic E-state index is 0.183. The second-order valence-electron chi connectivity index (χ2n) is 10.7. The first-order valence-corrected chi connectivity index (χ1v) is 15.4. The van der Waals surface area contributed by atoms with Gasteiger partial charge in [-0.05, 0) is 60.0 Å². The van der Waals surface area contributed by atoms with Gasteiger partial charge in [-0.25, -0.2) is 8.42 Å². The molecule has 3 heterocycles. The molecule has 42 heavy (non-hydrogen) atoms. The molecule has 2 aliphatic rings. The van der Waals surface area contributed by atoms with Gasteiger partial charge in [-0.2, -0.15) is 9.98 Å². The van der Waals surface area contributed by atoms with Gasteiger partial charge in [-0.1, -0.05) is 25.1 Å². The highest BCUT2D eigenvalue weighted by molar-refractivity contribution is 7.93. The Kier molecular flexibility index (Phi) is 8.73. The highest BCUT2D eigenvalue weighted by Crippen LogP contribution is 2.32. The lowest BCUT2D eigenvalue weighted by molar-refractivity contribution is -0.244. The number of nitrogens with zero attached hydrogens (tertiary/aromatic N) is 3. The maximum absolute atomic E-state index is 13.3. The predicted molar refractivity (Wildman–Crippen MR) is 159 cm³/mol. The van der Waals surface area contributed by atoms with Crippen molar-refractivity contribution in [3.63, 3.8) is 0 Å². The second kappa shape index (κ2) is 12.1. The first-order chi connectivity index (χ1) is 20.1. The van der Waals surface area contributed by atoms with E-state index in [0.29, 0.717) is 25.3 Å². The third-order valence-electron chi connectivity index (χ3n) is 8.13. The monoisotopic (exact) mass is 596 g/mol. The summed E-state index contributed by atoms with van der Waals surface area (Å²) in [6.45, 7) is 6.37. The fourth-order valence-electron chi connectivity index (χ4n) is 5.70. The fraction of sp³-hybridized carbons (Fsp3) is 0.433. The van der Waals surface area contributed by atoms with Crippen molar-refractivity contribution in [1.29, 1.82) is 5.26 Å². The molecule has 0 saturated carbocycles. The third-order valence-corrected chi connectivity index (χ3v) is 9.64. The second-order valence-corrected chi connectivity index (χ2v) is 12.3. The molecule has 224 valence electrons. The van der Waals surface area contributed by atoms with Gasteiger partial charge in [-0.15, -0.1) is 0 Å². The molecule has 5 atom stereocenters. The Balaban J connectivity index is 1.42. The zero-order valence-corrected chi connectivity index (χ0v) is 24.6. The minimum atomic E-state index is -4.52. The molecule has 4 N–H and O–H groups in total. The lowest BCUT2D eigenvalue weighted by atomic mass is 9.96. The van der Waals surface area contributed by atoms with Crippen molar-refractivity contribution in [1.82, 2.24) is 9.29 Å². The summed E-state index contributed by atoms with van der Waals surface area (Å²) in [5.74, 6) is 0. The first-order valence-electron chi connectivity index (χ1n) is 13.9. The summed E-state index contributed by atoms with van der Waals surface area (Å²) in [4.78, 5) is 1.73. The summed E-state index contributed by atoms with van der Waals surface area (Å²) < 4.78 is 41.3. The SMILES string of the molecule is CC[C@H]1OC(O)[C@H](NS(=O)(=O)/C(C#N)=C(\C)c2ccc(-c3ccc4cc(N5CCOCC5)ccc4c3)n2C)[C@@H](O)[C@@H]1O. The summed E-state index contributed by atoms with van der Waals surface area (Å²) in [6.07, 6.45) is -5.30. The number of nitriles is 1. The number of hydrogen-bond acceptors (Lipinski definition) is 9. The van der Waals surface area contributed by atoms with Crippen molar-refractivity contribution in [2.45, 2.75) is 50.9 Å². The molecule has 2 aromatic carbocycles. The molecule has 2 fully saturated rings. The van der Waals surface area contributed by atoms with Crippen LogP contribution in [0.25, 0.3) is 27.6 Å². The van der Waals surface area contributed by atoms with E-state index in [1.807, 2.05) is 16.7 Å². The normalized spacial score (nSPS) is 25.7. The van der Waals surface area contributed by atoms with Crippen LogP contribution in [0.15, 0.2) is 53.4 Å².